The summed E-state index contributed by atoms with van der Waals surface area (Å²) in [6.45, 7) is 7.60. The lowest BCUT2D eigenvalue weighted by molar-refractivity contribution is -0.115. The summed E-state index contributed by atoms with van der Waals surface area (Å²) in [5.41, 5.74) is 5.40. The van der Waals surface area contributed by atoms with Crippen LogP contribution in [0.2, 0.25) is 0 Å². The summed E-state index contributed by atoms with van der Waals surface area (Å²) in [6, 6.07) is 15.9. The molecule has 0 unspecified atom stereocenters. The standard InChI is InChI=1S/C31H36N8O3/c1-3-29(40)33-24-18-25(27(41-2)19-26(24)38-14-16-42-17-15-38)34-31-32-11-10-28(35-31)39-21-23(20-37-12-7-13-37)30(36-39)22-8-5-4-6-9-22/h4-6,8-11,18-19,21H,3,7,12-17,20H2,1-2H3,(H,33,40)(H,32,34,35). The zero-order valence-electron chi connectivity index (χ0n) is 24.0. The van der Waals surface area contributed by atoms with Crippen molar-refractivity contribution in [3.63, 3.8) is 0 Å². The van der Waals surface area contributed by atoms with Gasteiger partial charge in [0.15, 0.2) is 5.82 Å². The van der Waals surface area contributed by atoms with Gasteiger partial charge in [-0.1, -0.05) is 37.3 Å². The highest BCUT2D eigenvalue weighted by Gasteiger charge is 2.22. The Morgan fingerprint density at radius 3 is 2.57 bits per heavy atom. The van der Waals surface area contributed by atoms with Crippen LogP contribution in [0.15, 0.2) is 60.9 Å². The van der Waals surface area contributed by atoms with E-state index in [2.05, 4.69) is 43.7 Å². The minimum Gasteiger partial charge on any atom is -0.494 e. The van der Waals surface area contributed by atoms with Crippen molar-refractivity contribution in [3.8, 4) is 22.8 Å². The molecule has 0 bridgehead atoms. The molecule has 2 aromatic heterocycles. The van der Waals surface area contributed by atoms with Crippen molar-refractivity contribution in [3.05, 3.63) is 66.5 Å². The molecule has 2 aliphatic rings. The van der Waals surface area contributed by atoms with Crippen LogP contribution in [0.25, 0.3) is 17.1 Å². The number of methoxy groups -OCH3 is 1. The number of aromatic nitrogens is 4. The van der Waals surface area contributed by atoms with Crippen molar-refractivity contribution in [2.75, 3.05) is 62.0 Å². The van der Waals surface area contributed by atoms with E-state index in [1.165, 1.54) is 6.42 Å². The smallest absolute Gasteiger partial charge is 0.229 e. The van der Waals surface area contributed by atoms with Crippen molar-refractivity contribution in [2.45, 2.75) is 26.3 Å². The second kappa shape index (κ2) is 12.6. The Kier molecular flexibility index (Phi) is 8.29. The van der Waals surface area contributed by atoms with Gasteiger partial charge in [0.2, 0.25) is 11.9 Å². The summed E-state index contributed by atoms with van der Waals surface area (Å²) in [6.07, 6.45) is 5.37. The normalized spacial score (nSPS) is 15.2. The van der Waals surface area contributed by atoms with E-state index in [9.17, 15) is 4.79 Å². The monoisotopic (exact) mass is 568 g/mol. The number of hydrogen-bond acceptors (Lipinski definition) is 9. The van der Waals surface area contributed by atoms with Crippen molar-refractivity contribution in [2.24, 2.45) is 0 Å². The zero-order chi connectivity index (χ0) is 28.9. The van der Waals surface area contributed by atoms with Crippen LogP contribution in [0.4, 0.5) is 23.0 Å². The lowest BCUT2D eigenvalue weighted by atomic mass is 10.1. The highest BCUT2D eigenvalue weighted by Crippen LogP contribution is 2.38. The Bertz CT molecular complexity index is 1530. The number of rotatable bonds is 10. The summed E-state index contributed by atoms with van der Waals surface area (Å²) < 4.78 is 13.1. The van der Waals surface area contributed by atoms with E-state index in [-0.39, 0.29) is 5.91 Å². The minimum absolute atomic E-state index is 0.0687. The van der Waals surface area contributed by atoms with Gasteiger partial charge in [-0.3, -0.25) is 9.69 Å². The Morgan fingerprint density at radius 2 is 1.86 bits per heavy atom. The van der Waals surface area contributed by atoms with Crippen molar-refractivity contribution in [1.82, 2.24) is 24.6 Å². The van der Waals surface area contributed by atoms with Crippen LogP contribution in [0, 0.1) is 0 Å². The molecule has 2 saturated heterocycles. The van der Waals surface area contributed by atoms with E-state index in [4.69, 9.17) is 19.6 Å². The minimum atomic E-state index is -0.0687. The first-order valence-electron chi connectivity index (χ1n) is 14.4. The van der Waals surface area contributed by atoms with Gasteiger partial charge in [-0.2, -0.15) is 10.1 Å². The van der Waals surface area contributed by atoms with Gasteiger partial charge in [-0.15, -0.1) is 0 Å². The lowest BCUT2D eigenvalue weighted by Gasteiger charge is -2.31. The summed E-state index contributed by atoms with van der Waals surface area (Å²) >= 11 is 0. The molecule has 0 saturated carbocycles. The number of amides is 1. The summed E-state index contributed by atoms with van der Waals surface area (Å²) in [7, 11) is 1.62. The number of hydrogen-bond donors (Lipinski definition) is 2. The number of likely N-dealkylation sites (tertiary alicyclic amines) is 1. The molecule has 1 amide bonds. The molecule has 2 N–H and O–H groups in total. The predicted molar refractivity (Wildman–Crippen MR) is 163 cm³/mol. The topological polar surface area (TPSA) is 110 Å². The van der Waals surface area contributed by atoms with E-state index in [1.807, 2.05) is 48.0 Å². The fraction of sp³-hybridized carbons (Fsp3) is 0.355. The maximum absolute atomic E-state index is 12.4. The Morgan fingerprint density at radius 1 is 1.05 bits per heavy atom. The van der Waals surface area contributed by atoms with Crippen LogP contribution in [-0.2, 0) is 16.1 Å². The number of benzene rings is 2. The highest BCUT2D eigenvalue weighted by atomic mass is 16.5. The first-order chi connectivity index (χ1) is 20.6. The molecule has 2 aliphatic heterocycles. The molecule has 11 heteroatoms. The predicted octanol–water partition coefficient (Wildman–Crippen LogP) is 4.47. The van der Waals surface area contributed by atoms with Crippen LogP contribution in [-0.4, -0.2) is 77.1 Å². The number of carbonyl (C=O) groups is 1. The van der Waals surface area contributed by atoms with Gasteiger partial charge in [0.1, 0.15) is 5.75 Å². The molecule has 42 heavy (non-hydrogen) atoms. The van der Waals surface area contributed by atoms with E-state index in [1.54, 1.807) is 13.3 Å². The third-order valence-electron chi connectivity index (χ3n) is 7.57. The van der Waals surface area contributed by atoms with Gasteiger partial charge in [0, 0.05) is 61.7 Å². The van der Waals surface area contributed by atoms with Gasteiger partial charge in [0.25, 0.3) is 0 Å². The molecule has 0 spiro atoms. The molecule has 4 aromatic rings. The van der Waals surface area contributed by atoms with Crippen molar-refractivity contribution in [1.29, 1.82) is 0 Å². The number of ether oxygens (including phenoxy) is 2. The summed E-state index contributed by atoms with van der Waals surface area (Å²) in [4.78, 5) is 26.3. The van der Waals surface area contributed by atoms with E-state index >= 15 is 0 Å². The Labute approximate surface area is 245 Å². The molecule has 6 rings (SSSR count). The maximum atomic E-state index is 12.4. The molecule has 4 heterocycles. The van der Waals surface area contributed by atoms with Crippen molar-refractivity contribution >= 4 is 28.9 Å². The maximum Gasteiger partial charge on any atom is 0.229 e. The molecule has 0 radical (unpaired) electrons. The number of anilines is 4. The molecule has 11 nitrogen and oxygen atoms in total. The summed E-state index contributed by atoms with van der Waals surface area (Å²) in [5.74, 6) is 1.57. The number of nitrogens with one attached hydrogen (secondary N) is 2. The average molecular weight is 569 g/mol. The SMILES string of the molecule is CCC(=O)Nc1cc(Nc2nccc(-n3cc(CN4CCC4)c(-c4ccccc4)n3)n2)c(OC)cc1N1CCOCC1. The first kappa shape index (κ1) is 27.7. The van der Waals surface area contributed by atoms with Gasteiger partial charge in [-0.05, 0) is 25.6 Å². The molecule has 0 atom stereocenters. The molecule has 2 aromatic carbocycles. The van der Waals surface area contributed by atoms with Crippen LogP contribution in [0.3, 0.4) is 0 Å². The Hall–Kier alpha value is -4.48. The lowest BCUT2D eigenvalue weighted by Crippen LogP contribution is -2.36. The number of nitrogens with zero attached hydrogens (tertiary/aromatic N) is 6. The number of morpholine rings is 1. The summed E-state index contributed by atoms with van der Waals surface area (Å²) in [5, 5.41) is 11.3. The van der Waals surface area contributed by atoms with Crippen LogP contribution in [0.1, 0.15) is 25.3 Å². The van der Waals surface area contributed by atoms with Crippen LogP contribution in [0.5, 0.6) is 5.75 Å². The van der Waals surface area contributed by atoms with Gasteiger partial charge < -0.3 is 25.0 Å². The van der Waals surface area contributed by atoms with Crippen molar-refractivity contribution < 1.29 is 14.3 Å². The molecule has 2 fully saturated rings. The largest absolute Gasteiger partial charge is 0.494 e. The molecule has 0 aliphatic carbocycles. The Balaban J connectivity index is 1.32. The van der Waals surface area contributed by atoms with E-state index < -0.39 is 0 Å². The fourth-order valence-electron chi connectivity index (χ4n) is 5.16. The number of carbonyl (C=O) groups excluding carboxylic acids is 1. The zero-order valence-corrected chi connectivity index (χ0v) is 24.0. The van der Waals surface area contributed by atoms with Crippen LogP contribution < -0.4 is 20.3 Å². The quantitative estimate of drug-likeness (QED) is 0.286. The third-order valence-corrected chi connectivity index (χ3v) is 7.57. The van der Waals surface area contributed by atoms with E-state index in [0.717, 1.165) is 55.2 Å². The second-order valence-electron chi connectivity index (χ2n) is 10.4. The van der Waals surface area contributed by atoms with Crippen LogP contribution >= 0.6 is 0 Å². The molecule has 218 valence electrons. The van der Waals surface area contributed by atoms with Gasteiger partial charge >= 0.3 is 0 Å². The molecular formula is C31H36N8O3. The fourth-order valence-corrected chi connectivity index (χ4v) is 5.16. The molecular weight excluding hydrogens is 532 g/mol. The van der Waals surface area contributed by atoms with Gasteiger partial charge in [-0.25, -0.2) is 9.67 Å². The highest BCUT2D eigenvalue weighted by molar-refractivity contribution is 5.96. The third kappa shape index (κ3) is 6.07. The van der Waals surface area contributed by atoms with E-state index in [0.29, 0.717) is 48.5 Å². The first-order valence-corrected chi connectivity index (χ1v) is 14.4. The van der Waals surface area contributed by atoms with Gasteiger partial charge in [0.05, 0.1) is 43.1 Å². The average Bonchev–Trinajstić information content (AvgIpc) is 3.44. The second-order valence-corrected chi connectivity index (χ2v) is 10.4.